The second-order valence-electron chi connectivity index (χ2n) is 8.17. The molecule has 2 amide bonds. The normalized spacial score (nSPS) is 22.4. The predicted octanol–water partition coefficient (Wildman–Crippen LogP) is 0.869. The maximum atomic E-state index is 13.3. The molecule has 2 aliphatic rings. The van der Waals surface area contributed by atoms with Gasteiger partial charge >= 0.3 is 0 Å². The fraction of sp³-hybridized carbons (Fsp3) is 0.579. The Balaban J connectivity index is 1.97. The molecule has 1 aromatic rings. The van der Waals surface area contributed by atoms with Crippen LogP contribution < -0.4 is 0 Å². The molecule has 3 rings (SSSR count). The van der Waals surface area contributed by atoms with Crippen molar-refractivity contribution in [2.24, 2.45) is 18.9 Å². The lowest BCUT2D eigenvalue weighted by atomic mass is 9.89. The van der Waals surface area contributed by atoms with Crippen LogP contribution in [0.15, 0.2) is 23.9 Å². The van der Waals surface area contributed by atoms with E-state index in [1.54, 1.807) is 17.0 Å². The molecular weight excluding hydrogens is 380 g/mol. The summed E-state index contributed by atoms with van der Waals surface area (Å²) >= 11 is 0. The van der Waals surface area contributed by atoms with E-state index >= 15 is 0 Å². The summed E-state index contributed by atoms with van der Waals surface area (Å²) in [6.45, 7) is 4.75. The maximum absolute atomic E-state index is 13.3. The van der Waals surface area contributed by atoms with Crippen molar-refractivity contribution >= 4 is 21.8 Å². The first-order valence-corrected chi connectivity index (χ1v) is 11.1. The van der Waals surface area contributed by atoms with Crippen LogP contribution >= 0.6 is 0 Å². The van der Waals surface area contributed by atoms with Gasteiger partial charge in [0.05, 0.1) is 23.9 Å². The summed E-state index contributed by atoms with van der Waals surface area (Å²) in [5, 5.41) is 0. The molecule has 1 fully saturated rings. The molecule has 2 atom stereocenters. The third-order valence-corrected chi connectivity index (χ3v) is 6.48. The molecule has 2 aliphatic heterocycles. The summed E-state index contributed by atoms with van der Waals surface area (Å²) in [7, 11) is 2.03. The van der Waals surface area contributed by atoms with Gasteiger partial charge in [-0.2, -0.15) is 0 Å². The SMILES string of the molecule is CC(C)[C@@H]1C(=O)N(S(C)(=O)=O)C2=CCN(C(=O)c3ccc(CN(C)C)n3C)[C@H]21. The molecule has 0 aromatic carbocycles. The Morgan fingerprint density at radius 3 is 2.46 bits per heavy atom. The fourth-order valence-corrected chi connectivity index (χ4v) is 5.19. The van der Waals surface area contributed by atoms with Crippen molar-refractivity contribution in [1.29, 1.82) is 0 Å². The minimum absolute atomic E-state index is 0.0984. The monoisotopic (exact) mass is 408 g/mol. The molecular formula is C19H28N4O4S. The third-order valence-electron chi connectivity index (χ3n) is 5.43. The lowest BCUT2D eigenvalue weighted by Gasteiger charge is -2.29. The molecule has 8 nitrogen and oxygen atoms in total. The van der Waals surface area contributed by atoms with Gasteiger partial charge in [0.25, 0.3) is 5.91 Å². The molecule has 3 heterocycles. The van der Waals surface area contributed by atoms with Gasteiger partial charge in [-0.1, -0.05) is 13.8 Å². The fourth-order valence-electron chi connectivity index (χ4n) is 4.18. The standard InChI is InChI=1S/C19H28N4O4S/c1-12(2)16-17-14(23(19(16)25)28(6,26)27)9-10-22(17)18(24)15-8-7-13(21(15)5)11-20(3)4/h7-9,12,16-17H,10-11H2,1-6H3/t16-,17+/m0/s1. The molecule has 0 saturated carbocycles. The highest BCUT2D eigenvalue weighted by Crippen LogP contribution is 2.41. The van der Waals surface area contributed by atoms with Gasteiger partial charge in [-0.15, -0.1) is 0 Å². The van der Waals surface area contributed by atoms with Crippen molar-refractivity contribution in [3.8, 4) is 0 Å². The first kappa shape index (κ1) is 20.6. The summed E-state index contributed by atoms with van der Waals surface area (Å²) in [5.41, 5.74) is 1.93. The van der Waals surface area contributed by atoms with Crippen LogP contribution in [-0.2, 0) is 28.4 Å². The number of fused-ring (bicyclic) bond motifs is 1. The summed E-state index contributed by atoms with van der Waals surface area (Å²) in [4.78, 5) is 29.8. The van der Waals surface area contributed by atoms with Gasteiger partial charge in [-0.05, 0) is 38.2 Å². The number of hydrogen-bond donors (Lipinski definition) is 0. The van der Waals surface area contributed by atoms with Crippen molar-refractivity contribution in [3.63, 3.8) is 0 Å². The average Bonchev–Trinajstić information content (AvgIpc) is 3.18. The quantitative estimate of drug-likeness (QED) is 0.722. The number of nitrogens with zero attached hydrogens (tertiary/aromatic N) is 4. The van der Waals surface area contributed by atoms with E-state index in [4.69, 9.17) is 0 Å². The lowest BCUT2D eigenvalue weighted by molar-refractivity contribution is -0.128. The molecule has 0 radical (unpaired) electrons. The van der Waals surface area contributed by atoms with Crippen molar-refractivity contribution in [1.82, 2.24) is 18.7 Å². The predicted molar refractivity (Wildman–Crippen MR) is 106 cm³/mol. The average molecular weight is 409 g/mol. The van der Waals surface area contributed by atoms with Crippen molar-refractivity contribution in [3.05, 3.63) is 35.3 Å². The van der Waals surface area contributed by atoms with Crippen LogP contribution in [0.2, 0.25) is 0 Å². The van der Waals surface area contributed by atoms with Crippen LogP contribution in [0.1, 0.15) is 30.0 Å². The molecule has 0 bridgehead atoms. The van der Waals surface area contributed by atoms with E-state index in [0.717, 1.165) is 16.3 Å². The maximum Gasteiger partial charge on any atom is 0.271 e. The van der Waals surface area contributed by atoms with Crippen molar-refractivity contribution < 1.29 is 18.0 Å². The molecule has 1 aromatic heterocycles. The molecule has 0 aliphatic carbocycles. The van der Waals surface area contributed by atoms with Gasteiger partial charge in [0.15, 0.2) is 0 Å². The van der Waals surface area contributed by atoms with Crippen LogP contribution in [0.4, 0.5) is 0 Å². The Labute approximate surface area is 166 Å². The van der Waals surface area contributed by atoms with Gasteiger partial charge < -0.3 is 14.4 Å². The number of carbonyl (C=O) groups is 2. The van der Waals surface area contributed by atoms with E-state index in [2.05, 4.69) is 0 Å². The number of amides is 2. The van der Waals surface area contributed by atoms with Gasteiger partial charge in [-0.3, -0.25) is 9.59 Å². The Bertz CT molecular complexity index is 945. The van der Waals surface area contributed by atoms with Gasteiger partial charge in [0.2, 0.25) is 15.9 Å². The number of carbonyl (C=O) groups excluding carboxylic acids is 2. The van der Waals surface area contributed by atoms with Crippen molar-refractivity contribution in [2.45, 2.75) is 26.4 Å². The first-order chi connectivity index (χ1) is 12.9. The Morgan fingerprint density at radius 2 is 1.93 bits per heavy atom. The topological polar surface area (TPSA) is 82.9 Å². The van der Waals surface area contributed by atoms with E-state index in [-0.39, 0.29) is 18.4 Å². The summed E-state index contributed by atoms with van der Waals surface area (Å²) in [6, 6.07) is 3.15. The van der Waals surface area contributed by atoms with Gasteiger partial charge in [0, 0.05) is 25.8 Å². The van der Waals surface area contributed by atoms with Crippen molar-refractivity contribution in [2.75, 3.05) is 26.9 Å². The van der Waals surface area contributed by atoms with E-state index in [1.165, 1.54) is 0 Å². The summed E-state index contributed by atoms with van der Waals surface area (Å²) in [6.07, 6.45) is 2.72. The highest BCUT2D eigenvalue weighted by atomic mass is 32.2. The van der Waals surface area contributed by atoms with Gasteiger partial charge in [0.1, 0.15) is 5.69 Å². The second-order valence-corrected chi connectivity index (χ2v) is 10.0. The number of aromatic nitrogens is 1. The Morgan fingerprint density at radius 1 is 1.29 bits per heavy atom. The molecule has 0 spiro atoms. The zero-order valence-corrected chi connectivity index (χ0v) is 18.0. The minimum atomic E-state index is -3.74. The van der Waals surface area contributed by atoms with Crippen LogP contribution in [0.25, 0.3) is 0 Å². The first-order valence-electron chi connectivity index (χ1n) is 9.29. The second kappa shape index (κ2) is 7.04. The lowest BCUT2D eigenvalue weighted by Crippen LogP contribution is -2.43. The number of sulfonamides is 1. The highest BCUT2D eigenvalue weighted by molar-refractivity contribution is 7.89. The van der Waals surface area contributed by atoms with E-state index in [9.17, 15) is 18.0 Å². The Kier molecular flexibility index (Phi) is 5.18. The van der Waals surface area contributed by atoms with E-state index in [1.807, 2.05) is 50.5 Å². The number of hydrogen-bond acceptors (Lipinski definition) is 5. The molecule has 28 heavy (non-hydrogen) atoms. The molecule has 0 unspecified atom stereocenters. The molecule has 1 saturated heterocycles. The summed E-state index contributed by atoms with van der Waals surface area (Å²) in [5.74, 6) is -1.32. The van der Waals surface area contributed by atoms with Crippen LogP contribution in [0.3, 0.4) is 0 Å². The van der Waals surface area contributed by atoms with E-state index < -0.39 is 27.9 Å². The zero-order valence-electron chi connectivity index (χ0n) is 17.2. The zero-order chi connectivity index (χ0) is 21.0. The van der Waals surface area contributed by atoms with Crippen LogP contribution in [-0.4, -0.2) is 71.8 Å². The summed E-state index contributed by atoms with van der Waals surface area (Å²) < 4.78 is 27.2. The third kappa shape index (κ3) is 3.26. The molecule has 9 heteroatoms. The van der Waals surface area contributed by atoms with Crippen LogP contribution in [0.5, 0.6) is 0 Å². The minimum Gasteiger partial charge on any atom is -0.342 e. The van der Waals surface area contributed by atoms with Gasteiger partial charge in [-0.25, -0.2) is 12.7 Å². The highest BCUT2D eigenvalue weighted by Gasteiger charge is 2.54. The Hall–Kier alpha value is -2.13. The molecule has 0 N–H and O–H groups in total. The number of rotatable bonds is 5. The largest absolute Gasteiger partial charge is 0.342 e. The van der Waals surface area contributed by atoms with E-state index in [0.29, 0.717) is 17.9 Å². The van der Waals surface area contributed by atoms with Crippen LogP contribution in [0, 0.1) is 11.8 Å². The smallest absolute Gasteiger partial charge is 0.271 e. The molecule has 154 valence electrons.